The van der Waals surface area contributed by atoms with E-state index in [1.54, 1.807) is 12.3 Å². The van der Waals surface area contributed by atoms with Gasteiger partial charge in [-0.3, -0.25) is 4.98 Å². The van der Waals surface area contributed by atoms with Gasteiger partial charge in [0.15, 0.2) is 0 Å². The molecule has 5 nitrogen and oxygen atoms in total. The van der Waals surface area contributed by atoms with Crippen molar-refractivity contribution in [3.63, 3.8) is 0 Å². The molecule has 2 heterocycles. The van der Waals surface area contributed by atoms with E-state index in [9.17, 15) is 13.5 Å². The number of benzene rings is 2. The van der Waals surface area contributed by atoms with E-state index in [1.807, 2.05) is 61.5 Å². The van der Waals surface area contributed by atoms with Crippen LogP contribution in [0.15, 0.2) is 89.5 Å². The lowest BCUT2D eigenvalue weighted by Gasteiger charge is -2.17. The number of nitrogens with zero attached hydrogens (tertiary/aromatic N) is 1. The van der Waals surface area contributed by atoms with Gasteiger partial charge in [0.05, 0.1) is 16.4 Å². The Hall–Kier alpha value is -3.44. The van der Waals surface area contributed by atoms with Crippen molar-refractivity contribution in [2.75, 3.05) is 0 Å². The molecule has 0 aliphatic heterocycles. The lowest BCUT2D eigenvalue weighted by atomic mass is 10.1. The summed E-state index contributed by atoms with van der Waals surface area (Å²) in [7, 11) is -3.88. The summed E-state index contributed by atoms with van der Waals surface area (Å²) in [5, 5.41) is 11.0. The highest BCUT2D eigenvalue weighted by Gasteiger charge is 2.24. The topological polar surface area (TPSA) is 79.3 Å². The Morgan fingerprint density at radius 2 is 1.88 bits per heavy atom. The van der Waals surface area contributed by atoms with Crippen molar-refractivity contribution in [2.24, 2.45) is 0 Å². The summed E-state index contributed by atoms with van der Waals surface area (Å²) in [6, 6.07) is 19.7. The number of aryl methyl sites for hydroxylation is 1. The number of aliphatic hydroxyl groups is 1. The van der Waals surface area contributed by atoms with Gasteiger partial charge in [-0.2, -0.15) is 4.72 Å². The van der Waals surface area contributed by atoms with Crippen LogP contribution in [0.1, 0.15) is 21.6 Å². The quantitative estimate of drug-likeness (QED) is 0.306. The first-order valence-electron chi connectivity index (χ1n) is 10.2. The molecule has 2 aromatic carbocycles. The molecule has 0 aliphatic rings. The Kier molecular flexibility index (Phi) is 6.61. The summed E-state index contributed by atoms with van der Waals surface area (Å²) in [5.41, 5.74) is 3.64. The molecular formula is C26H22N2O3S2. The smallest absolute Gasteiger partial charge is 0.250 e. The summed E-state index contributed by atoms with van der Waals surface area (Å²) in [4.78, 5) is 5.03. The van der Waals surface area contributed by atoms with E-state index in [0.717, 1.165) is 38.9 Å². The van der Waals surface area contributed by atoms with Crippen molar-refractivity contribution in [1.82, 2.24) is 9.71 Å². The van der Waals surface area contributed by atoms with E-state index in [-0.39, 0.29) is 16.4 Å². The first-order chi connectivity index (χ1) is 15.8. The molecule has 0 saturated heterocycles. The molecule has 0 fully saturated rings. The first-order valence-corrected chi connectivity index (χ1v) is 12.5. The Balaban J connectivity index is 1.51. The van der Waals surface area contributed by atoms with Gasteiger partial charge in [0.1, 0.15) is 9.97 Å². The van der Waals surface area contributed by atoms with E-state index < -0.39 is 16.1 Å². The zero-order chi connectivity index (χ0) is 23.4. The third-order valence-electron chi connectivity index (χ3n) is 5.01. The molecule has 0 aliphatic carbocycles. The van der Waals surface area contributed by atoms with Crippen molar-refractivity contribution in [3.05, 3.63) is 107 Å². The largest absolute Gasteiger partial charge is 0.511 e. The van der Waals surface area contributed by atoms with Crippen LogP contribution in [0.5, 0.6) is 0 Å². The highest BCUT2D eigenvalue weighted by atomic mass is 32.2. The van der Waals surface area contributed by atoms with Crippen molar-refractivity contribution < 1.29 is 13.5 Å². The first kappa shape index (κ1) is 22.7. The zero-order valence-corrected chi connectivity index (χ0v) is 19.6. The van der Waals surface area contributed by atoms with Crippen LogP contribution >= 0.6 is 11.3 Å². The van der Waals surface area contributed by atoms with Gasteiger partial charge in [-0.05, 0) is 55.3 Å². The Labute approximate surface area is 197 Å². The van der Waals surface area contributed by atoms with E-state index in [4.69, 9.17) is 0 Å². The fourth-order valence-electron chi connectivity index (χ4n) is 3.24. The monoisotopic (exact) mass is 474 g/mol. The molecule has 1 atom stereocenters. The SMILES string of the molecule is C=C(O)[C@@H](Cc1cnc2ccccc2c1)NS(=O)(=O)c1ccc(C#Cc2ccc(C)cc2)s1. The molecule has 7 heteroatoms. The second kappa shape index (κ2) is 9.59. The maximum atomic E-state index is 13.0. The van der Waals surface area contributed by atoms with E-state index in [1.165, 1.54) is 6.07 Å². The minimum absolute atomic E-state index is 0.124. The van der Waals surface area contributed by atoms with Crippen molar-refractivity contribution >= 4 is 32.3 Å². The van der Waals surface area contributed by atoms with E-state index in [0.29, 0.717) is 4.88 Å². The molecule has 4 aromatic rings. The molecule has 4 rings (SSSR count). The zero-order valence-electron chi connectivity index (χ0n) is 17.9. The van der Waals surface area contributed by atoms with Crippen LogP contribution in [0.3, 0.4) is 0 Å². The molecule has 0 bridgehead atoms. The standard InChI is InChI=1S/C26H22N2O3S2/c1-18-7-9-20(10-8-18)11-12-23-13-14-26(32-23)33(30,31)28-25(19(2)29)16-21-15-22-5-3-4-6-24(22)27-17-21/h3-10,13-15,17,25,28-29H,2,16H2,1H3/t25-/m1/s1. The lowest BCUT2D eigenvalue weighted by Crippen LogP contribution is -2.37. The number of thiophene rings is 1. The van der Waals surface area contributed by atoms with Gasteiger partial charge >= 0.3 is 0 Å². The Morgan fingerprint density at radius 1 is 1.12 bits per heavy atom. The average molecular weight is 475 g/mol. The molecule has 0 unspecified atom stereocenters. The van der Waals surface area contributed by atoms with E-state index >= 15 is 0 Å². The van der Waals surface area contributed by atoms with Crippen molar-refractivity contribution in [3.8, 4) is 11.8 Å². The molecule has 166 valence electrons. The Bertz CT molecular complexity index is 1480. The van der Waals surface area contributed by atoms with Crippen molar-refractivity contribution in [1.29, 1.82) is 0 Å². The lowest BCUT2D eigenvalue weighted by molar-refractivity contribution is 0.357. The number of rotatable bonds is 6. The van der Waals surface area contributed by atoms with Crippen LogP contribution < -0.4 is 4.72 Å². The minimum atomic E-state index is -3.88. The summed E-state index contributed by atoms with van der Waals surface area (Å²) in [6.45, 7) is 5.56. The number of hydrogen-bond donors (Lipinski definition) is 2. The number of aliphatic hydroxyl groups excluding tert-OH is 1. The van der Waals surface area contributed by atoms with Gasteiger partial charge in [-0.1, -0.05) is 54.3 Å². The van der Waals surface area contributed by atoms with Gasteiger partial charge in [0.2, 0.25) is 0 Å². The van der Waals surface area contributed by atoms with Crippen LogP contribution in [-0.2, 0) is 16.4 Å². The van der Waals surface area contributed by atoms with Gasteiger partial charge in [0.25, 0.3) is 10.0 Å². The third kappa shape index (κ3) is 5.68. The number of pyridine rings is 1. The number of aromatic nitrogens is 1. The molecule has 0 radical (unpaired) electrons. The van der Waals surface area contributed by atoms with Crippen LogP contribution in [0.25, 0.3) is 10.9 Å². The summed E-state index contributed by atoms with van der Waals surface area (Å²) < 4.78 is 28.6. The van der Waals surface area contributed by atoms with Crippen LogP contribution in [0.4, 0.5) is 0 Å². The predicted molar refractivity (Wildman–Crippen MR) is 133 cm³/mol. The maximum absolute atomic E-state index is 13.0. The molecule has 2 aromatic heterocycles. The third-order valence-corrected chi connectivity index (χ3v) is 7.98. The number of hydrogen-bond acceptors (Lipinski definition) is 5. The average Bonchev–Trinajstić information content (AvgIpc) is 3.28. The number of para-hydroxylation sites is 1. The van der Waals surface area contributed by atoms with Gasteiger partial charge in [-0.25, -0.2) is 8.42 Å². The van der Waals surface area contributed by atoms with Crippen LogP contribution in [-0.4, -0.2) is 24.6 Å². The normalized spacial score (nSPS) is 12.2. The molecule has 0 spiro atoms. The summed E-state index contributed by atoms with van der Waals surface area (Å²) in [5.74, 6) is 5.79. The van der Waals surface area contributed by atoms with Crippen molar-refractivity contribution in [2.45, 2.75) is 23.6 Å². The van der Waals surface area contributed by atoms with Gasteiger partial charge in [-0.15, -0.1) is 11.3 Å². The van der Waals surface area contributed by atoms with Crippen LogP contribution in [0, 0.1) is 18.8 Å². The van der Waals surface area contributed by atoms with Crippen LogP contribution in [0.2, 0.25) is 0 Å². The number of fused-ring (bicyclic) bond motifs is 1. The minimum Gasteiger partial charge on any atom is -0.511 e. The van der Waals surface area contributed by atoms with Gasteiger partial charge < -0.3 is 5.11 Å². The highest BCUT2D eigenvalue weighted by Crippen LogP contribution is 2.23. The summed E-state index contributed by atoms with van der Waals surface area (Å²) in [6.07, 6.45) is 1.90. The maximum Gasteiger partial charge on any atom is 0.250 e. The molecule has 0 amide bonds. The van der Waals surface area contributed by atoms with Gasteiger partial charge in [0, 0.05) is 17.1 Å². The molecule has 0 saturated carbocycles. The number of nitrogens with one attached hydrogen (secondary N) is 1. The summed E-state index contributed by atoms with van der Waals surface area (Å²) >= 11 is 1.08. The fraction of sp³-hybridized carbons (Fsp3) is 0.115. The predicted octanol–water partition coefficient (Wildman–Crippen LogP) is 4.97. The molecular weight excluding hydrogens is 452 g/mol. The molecule has 2 N–H and O–H groups in total. The van der Waals surface area contributed by atoms with E-state index in [2.05, 4.69) is 28.1 Å². The second-order valence-electron chi connectivity index (χ2n) is 7.64. The highest BCUT2D eigenvalue weighted by molar-refractivity contribution is 7.91. The second-order valence-corrected chi connectivity index (χ2v) is 10.7. The Morgan fingerprint density at radius 3 is 2.64 bits per heavy atom. The fourth-order valence-corrected chi connectivity index (χ4v) is 5.64. The number of sulfonamides is 1. The molecule has 33 heavy (non-hydrogen) atoms.